The number of furan rings is 1. The first-order chi connectivity index (χ1) is 14.4. The van der Waals surface area contributed by atoms with Crippen molar-refractivity contribution >= 4 is 17.5 Å². The molecular formula is C24H23FN2O3. The van der Waals surface area contributed by atoms with Gasteiger partial charge >= 0.3 is 0 Å². The minimum absolute atomic E-state index is 0.0409. The molecule has 30 heavy (non-hydrogen) atoms. The monoisotopic (exact) mass is 406 g/mol. The van der Waals surface area contributed by atoms with Crippen LogP contribution in [0, 0.1) is 11.7 Å². The Morgan fingerprint density at radius 1 is 1.10 bits per heavy atom. The highest BCUT2D eigenvalue weighted by Gasteiger charge is 2.25. The van der Waals surface area contributed by atoms with Gasteiger partial charge < -0.3 is 14.6 Å². The third-order valence-corrected chi connectivity index (χ3v) is 5.18. The van der Waals surface area contributed by atoms with E-state index in [-0.39, 0.29) is 23.5 Å². The Morgan fingerprint density at radius 3 is 2.60 bits per heavy atom. The summed E-state index contributed by atoms with van der Waals surface area (Å²) in [6.07, 6.45) is 0.617. The van der Waals surface area contributed by atoms with Crippen molar-refractivity contribution in [1.82, 2.24) is 4.90 Å². The molecule has 0 saturated carbocycles. The summed E-state index contributed by atoms with van der Waals surface area (Å²) in [6, 6.07) is 15.1. The Balaban J connectivity index is 1.52. The summed E-state index contributed by atoms with van der Waals surface area (Å²) in [5.41, 5.74) is 3.01. The summed E-state index contributed by atoms with van der Waals surface area (Å²) in [6.45, 7) is 4.68. The molecule has 2 heterocycles. The third-order valence-electron chi connectivity index (χ3n) is 5.18. The van der Waals surface area contributed by atoms with Crippen LogP contribution in [0.15, 0.2) is 59.0 Å². The quantitative estimate of drug-likeness (QED) is 0.672. The third kappa shape index (κ3) is 4.13. The number of rotatable bonds is 4. The van der Waals surface area contributed by atoms with Gasteiger partial charge in [-0.25, -0.2) is 4.39 Å². The minimum atomic E-state index is -0.362. The van der Waals surface area contributed by atoms with Crippen LogP contribution in [0.4, 0.5) is 10.1 Å². The van der Waals surface area contributed by atoms with Crippen molar-refractivity contribution < 1.29 is 18.4 Å². The van der Waals surface area contributed by atoms with E-state index >= 15 is 0 Å². The van der Waals surface area contributed by atoms with Crippen molar-refractivity contribution in [3.8, 4) is 11.3 Å². The normalized spacial score (nSPS) is 13.3. The lowest BCUT2D eigenvalue weighted by molar-refractivity contribution is -0.118. The second-order valence-corrected chi connectivity index (χ2v) is 7.77. The molecule has 2 aromatic carbocycles. The van der Waals surface area contributed by atoms with Crippen LogP contribution in [-0.4, -0.2) is 23.3 Å². The van der Waals surface area contributed by atoms with E-state index in [0.29, 0.717) is 36.5 Å². The molecule has 0 unspecified atom stereocenters. The number of nitrogens with one attached hydrogen (secondary N) is 1. The van der Waals surface area contributed by atoms with E-state index in [1.54, 1.807) is 4.90 Å². The lowest BCUT2D eigenvalue weighted by atomic mass is 10.1. The number of hydrogen-bond donors (Lipinski definition) is 1. The first-order valence-corrected chi connectivity index (χ1v) is 9.98. The minimum Gasteiger partial charge on any atom is -0.461 e. The fourth-order valence-corrected chi connectivity index (χ4v) is 3.46. The maximum atomic E-state index is 13.1. The highest BCUT2D eigenvalue weighted by atomic mass is 19.1. The van der Waals surface area contributed by atoms with Crippen LogP contribution >= 0.6 is 0 Å². The summed E-state index contributed by atoms with van der Waals surface area (Å²) in [5, 5.41) is 2.90. The van der Waals surface area contributed by atoms with Crippen LogP contribution < -0.4 is 5.32 Å². The fourth-order valence-electron chi connectivity index (χ4n) is 3.46. The summed E-state index contributed by atoms with van der Waals surface area (Å²) in [7, 11) is 0. The maximum Gasteiger partial charge on any atom is 0.254 e. The lowest BCUT2D eigenvalue weighted by Crippen LogP contribution is -2.35. The molecule has 3 aromatic rings. The van der Waals surface area contributed by atoms with E-state index < -0.39 is 0 Å². The van der Waals surface area contributed by atoms with E-state index in [4.69, 9.17) is 4.42 Å². The van der Waals surface area contributed by atoms with Crippen LogP contribution in [0.2, 0.25) is 0 Å². The molecule has 1 aliphatic heterocycles. The number of amides is 2. The van der Waals surface area contributed by atoms with Gasteiger partial charge in [-0.2, -0.15) is 0 Å². The molecule has 6 heteroatoms. The largest absolute Gasteiger partial charge is 0.461 e. The zero-order chi connectivity index (χ0) is 21.3. The molecule has 0 spiro atoms. The van der Waals surface area contributed by atoms with Crippen LogP contribution in [0.3, 0.4) is 0 Å². The van der Waals surface area contributed by atoms with Crippen molar-refractivity contribution in [3.05, 3.63) is 77.3 Å². The Morgan fingerprint density at radius 2 is 1.87 bits per heavy atom. The van der Waals surface area contributed by atoms with Crippen molar-refractivity contribution in [2.75, 3.05) is 11.9 Å². The first kappa shape index (κ1) is 19.9. The van der Waals surface area contributed by atoms with E-state index in [2.05, 4.69) is 5.32 Å². The van der Waals surface area contributed by atoms with E-state index in [0.717, 1.165) is 16.9 Å². The van der Waals surface area contributed by atoms with Crippen LogP contribution in [0.25, 0.3) is 11.3 Å². The maximum absolute atomic E-state index is 13.1. The molecule has 5 nitrogen and oxygen atoms in total. The Labute approximate surface area is 174 Å². The average Bonchev–Trinajstić information content (AvgIpc) is 3.17. The zero-order valence-electron chi connectivity index (χ0n) is 16.9. The number of carbonyl (C=O) groups is 2. The molecule has 0 bridgehead atoms. The van der Waals surface area contributed by atoms with Crippen molar-refractivity contribution in [2.24, 2.45) is 5.92 Å². The predicted octanol–water partition coefficient (Wildman–Crippen LogP) is 4.88. The number of hydrogen-bond acceptors (Lipinski definition) is 3. The van der Waals surface area contributed by atoms with E-state index in [9.17, 15) is 14.0 Å². The summed E-state index contributed by atoms with van der Waals surface area (Å²) < 4.78 is 19.2. The van der Waals surface area contributed by atoms with Gasteiger partial charge in [-0.1, -0.05) is 26.0 Å². The molecule has 4 rings (SSSR count). The second-order valence-electron chi connectivity index (χ2n) is 7.77. The molecule has 154 valence electrons. The molecule has 0 saturated heterocycles. The van der Waals surface area contributed by atoms with Crippen molar-refractivity contribution in [3.63, 3.8) is 0 Å². The smallest absolute Gasteiger partial charge is 0.254 e. The second kappa shape index (κ2) is 8.14. The van der Waals surface area contributed by atoms with Gasteiger partial charge in [0, 0.05) is 47.8 Å². The number of anilines is 1. The first-order valence-electron chi connectivity index (χ1n) is 9.98. The standard InChI is InChI=1S/C24H23FN2O3/c1-15(2)23(28)26-20-5-3-4-17(12-20)22-13-18-14-27(11-10-21(18)30-22)24(29)16-6-8-19(25)9-7-16/h3-9,12-13,15H,10-11,14H2,1-2H3,(H,26,28). The highest BCUT2D eigenvalue weighted by Crippen LogP contribution is 2.31. The number of fused-ring (bicyclic) bond motifs is 1. The van der Waals surface area contributed by atoms with Gasteiger partial charge in [-0.05, 0) is 42.5 Å². The van der Waals surface area contributed by atoms with Gasteiger partial charge in [0.2, 0.25) is 5.91 Å². The van der Waals surface area contributed by atoms with Crippen molar-refractivity contribution in [2.45, 2.75) is 26.8 Å². The Bertz CT molecular complexity index is 1090. The number of carbonyl (C=O) groups excluding carboxylic acids is 2. The zero-order valence-corrected chi connectivity index (χ0v) is 16.9. The number of benzene rings is 2. The molecular weight excluding hydrogens is 383 g/mol. The Kier molecular flexibility index (Phi) is 5.40. The van der Waals surface area contributed by atoms with Gasteiger partial charge in [0.05, 0.1) is 0 Å². The Hall–Kier alpha value is -3.41. The van der Waals surface area contributed by atoms with Crippen LogP contribution in [-0.2, 0) is 17.8 Å². The fraction of sp³-hybridized carbons (Fsp3) is 0.250. The molecule has 2 amide bonds. The summed E-state index contributed by atoms with van der Waals surface area (Å²) in [4.78, 5) is 26.4. The summed E-state index contributed by atoms with van der Waals surface area (Å²) >= 11 is 0. The van der Waals surface area contributed by atoms with E-state index in [1.807, 2.05) is 44.2 Å². The lowest BCUT2D eigenvalue weighted by Gasteiger charge is -2.26. The molecule has 1 aliphatic rings. The summed E-state index contributed by atoms with van der Waals surface area (Å²) in [5.74, 6) is 0.942. The van der Waals surface area contributed by atoms with Gasteiger partial charge in [-0.3, -0.25) is 9.59 Å². The van der Waals surface area contributed by atoms with Gasteiger partial charge in [0.25, 0.3) is 5.91 Å². The SMILES string of the molecule is CC(C)C(=O)Nc1cccc(-c2cc3c(o2)CCN(C(=O)c2ccc(F)cc2)C3)c1. The van der Waals surface area contributed by atoms with Crippen LogP contribution in [0.5, 0.6) is 0 Å². The number of nitrogens with zero attached hydrogens (tertiary/aromatic N) is 1. The van der Waals surface area contributed by atoms with Gasteiger partial charge in [0.15, 0.2) is 0 Å². The molecule has 1 aromatic heterocycles. The number of halogens is 1. The molecule has 1 N–H and O–H groups in total. The van der Waals surface area contributed by atoms with Crippen LogP contribution in [0.1, 0.15) is 35.5 Å². The molecule has 0 radical (unpaired) electrons. The van der Waals surface area contributed by atoms with E-state index in [1.165, 1.54) is 24.3 Å². The van der Waals surface area contributed by atoms with Gasteiger partial charge in [-0.15, -0.1) is 0 Å². The van der Waals surface area contributed by atoms with Gasteiger partial charge in [0.1, 0.15) is 17.3 Å². The highest BCUT2D eigenvalue weighted by molar-refractivity contribution is 5.94. The molecule has 0 atom stereocenters. The predicted molar refractivity (Wildman–Crippen MR) is 112 cm³/mol. The average molecular weight is 406 g/mol. The van der Waals surface area contributed by atoms with Crippen molar-refractivity contribution in [1.29, 1.82) is 0 Å². The topological polar surface area (TPSA) is 62.6 Å². The molecule has 0 fully saturated rings. The molecule has 0 aliphatic carbocycles.